The zero-order chi connectivity index (χ0) is 14.0. The molecule has 1 atom stereocenters. The third-order valence-electron chi connectivity index (χ3n) is 5.27. The Morgan fingerprint density at radius 2 is 1.60 bits per heavy atom. The summed E-state index contributed by atoms with van der Waals surface area (Å²) in [6, 6.07) is 0.691. The quantitative estimate of drug-likeness (QED) is 0.659. The zero-order valence-corrected chi connectivity index (χ0v) is 13.6. The van der Waals surface area contributed by atoms with E-state index >= 15 is 0 Å². The van der Waals surface area contributed by atoms with Crippen LogP contribution in [-0.2, 0) is 0 Å². The smallest absolute Gasteiger partial charge is 0.0307 e. The van der Waals surface area contributed by atoms with Gasteiger partial charge in [-0.1, -0.05) is 63.5 Å². The summed E-state index contributed by atoms with van der Waals surface area (Å²) >= 11 is 0. The summed E-state index contributed by atoms with van der Waals surface area (Å²) in [5, 5.41) is 3.85. The van der Waals surface area contributed by atoms with E-state index in [1.54, 1.807) is 5.57 Å². The Morgan fingerprint density at radius 3 is 2.35 bits per heavy atom. The Morgan fingerprint density at radius 1 is 0.950 bits per heavy atom. The Balaban J connectivity index is 2.02. The van der Waals surface area contributed by atoms with E-state index in [1.165, 1.54) is 83.5 Å². The summed E-state index contributed by atoms with van der Waals surface area (Å²) in [6.07, 6.45) is 21.2. The van der Waals surface area contributed by atoms with Crippen LogP contribution in [0.2, 0.25) is 0 Å². The molecular formula is C19H35N. The minimum absolute atomic E-state index is 0.691. The summed E-state index contributed by atoms with van der Waals surface area (Å²) in [6.45, 7) is 3.40. The molecule has 20 heavy (non-hydrogen) atoms. The molecule has 2 rings (SSSR count). The highest BCUT2D eigenvalue weighted by molar-refractivity contribution is 5.13. The molecule has 1 N–H and O–H groups in total. The number of rotatable bonds is 4. The Kier molecular flexibility index (Phi) is 7.72. The number of likely N-dealkylation sites (N-methyl/N-ethyl adjacent to an activating group) is 1. The van der Waals surface area contributed by atoms with Gasteiger partial charge in [-0.15, -0.1) is 0 Å². The van der Waals surface area contributed by atoms with Gasteiger partial charge in [-0.3, -0.25) is 0 Å². The summed E-state index contributed by atoms with van der Waals surface area (Å²) in [4.78, 5) is 0. The zero-order valence-electron chi connectivity index (χ0n) is 13.6. The van der Waals surface area contributed by atoms with Crippen molar-refractivity contribution < 1.29 is 0 Å². The van der Waals surface area contributed by atoms with Gasteiger partial charge >= 0.3 is 0 Å². The fraction of sp³-hybridized carbons (Fsp3) is 0.895. The molecule has 2 aliphatic carbocycles. The van der Waals surface area contributed by atoms with Crippen LogP contribution in [-0.4, -0.2) is 12.6 Å². The molecule has 1 unspecified atom stereocenters. The number of allylic oxidation sites excluding steroid dienone is 1. The fourth-order valence-electron chi connectivity index (χ4n) is 4.14. The third kappa shape index (κ3) is 5.24. The summed E-state index contributed by atoms with van der Waals surface area (Å²) < 4.78 is 0. The van der Waals surface area contributed by atoms with Crippen LogP contribution < -0.4 is 5.32 Å². The molecule has 0 bridgehead atoms. The highest BCUT2D eigenvalue weighted by Crippen LogP contribution is 2.31. The van der Waals surface area contributed by atoms with Crippen molar-refractivity contribution in [2.75, 3.05) is 6.54 Å². The average molecular weight is 277 g/mol. The normalized spacial score (nSPS) is 24.9. The molecule has 0 radical (unpaired) electrons. The van der Waals surface area contributed by atoms with Gasteiger partial charge in [-0.2, -0.15) is 0 Å². The van der Waals surface area contributed by atoms with Gasteiger partial charge in [0, 0.05) is 6.04 Å². The van der Waals surface area contributed by atoms with E-state index in [0.717, 1.165) is 12.5 Å². The van der Waals surface area contributed by atoms with Crippen molar-refractivity contribution in [2.24, 2.45) is 5.92 Å². The molecule has 0 heterocycles. The molecule has 1 nitrogen and oxygen atoms in total. The highest BCUT2D eigenvalue weighted by atomic mass is 14.9. The van der Waals surface area contributed by atoms with Crippen LogP contribution in [0.1, 0.15) is 90.4 Å². The predicted molar refractivity (Wildman–Crippen MR) is 89.1 cm³/mol. The second-order valence-corrected chi connectivity index (χ2v) is 6.87. The van der Waals surface area contributed by atoms with Gasteiger partial charge in [0.1, 0.15) is 0 Å². The fourth-order valence-corrected chi connectivity index (χ4v) is 4.14. The third-order valence-corrected chi connectivity index (χ3v) is 5.27. The maximum absolute atomic E-state index is 3.85. The topological polar surface area (TPSA) is 12.0 Å². The van der Waals surface area contributed by atoms with Crippen LogP contribution in [0.25, 0.3) is 0 Å². The maximum atomic E-state index is 3.85. The van der Waals surface area contributed by atoms with E-state index < -0.39 is 0 Å². The lowest BCUT2D eigenvalue weighted by atomic mass is 9.80. The molecule has 0 aromatic rings. The van der Waals surface area contributed by atoms with E-state index in [9.17, 15) is 0 Å². The Hall–Kier alpha value is -0.300. The van der Waals surface area contributed by atoms with E-state index in [2.05, 4.69) is 18.3 Å². The van der Waals surface area contributed by atoms with Crippen molar-refractivity contribution in [3.8, 4) is 0 Å². The van der Waals surface area contributed by atoms with Gasteiger partial charge in [0.2, 0.25) is 0 Å². The first-order valence-corrected chi connectivity index (χ1v) is 9.34. The molecule has 0 aromatic heterocycles. The lowest BCUT2D eigenvalue weighted by molar-refractivity contribution is 0.307. The van der Waals surface area contributed by atoms with Gasteiger partial charge in [0.25, 0.3) is 0 Å². The lowest BCUT2D eigenvalue weighted by Gasteiger charge is -2.32. The second kappa shape index (κ2) is 9.60. The van der Waals surface area contributed by atoms with E-state index in [4.69, 9.17) is 0 Å². The Labute approximate surface area is 126 Å². The highest BCUT2D eigenvalue weighted by Gasteiger charge is 2.24. The van der Waals surface area contributed by atoms with Gasteiger partial charge in [0.05, 0.1) is 0 Å². The summed E-state index contributed by atoms with van der Waals surface area (Å²) in [7, 11) is 0. The predicted octanol–water partition coefficient (Wildman–Crippen LogP) is 5.61. The molecule has 0 saturated heterocycles. The molecule has 0 spiro atoms. The van der Waals surface area contributed by atoms with Crippen LogP contribution >= 0.6 is 0 Å². The lowest BCUT2D eigenvalue weighted by Crippen LogP contribution is -2.38. The van der Waals surface area contributed by atoms with Crippen LogP contribution in [0.15, 0.2) is 11.6 Å². The SMILES string of the molecule is CCNC(C1=CCCCCCC1)C1CCCCCCC1. The average Bonchev–Trinajstić information content (AvgIpc) is 2.36. The van der Waals surface area contributed by atoms with E-state index in [1.807, 2.05) is 0 Å². The maximum Gasteiger partial charge on any atom is 0.0307 e. The van der Waals surface area contributed by atoms with Gasteiger partial charge in [-0.05, 0) is 51.0 Å². The Bertz CT molecular complexity index is 273. The first kappa shape index (κ1) is 16.1. The minimum atomic E-state index is 0.691. The van der Waals surface area contributed by atoms with Crippen molar-refractivity contribution in [2.45, 2.75) is 96.4 Å². The summed E-state index contributed by atoms with van der Waals surface area (Å²) in [5.74, 6) is 0.904. The molecule has 0 amide bonds. The molecule has 2 aliphatic rings. The van der Waals surface area contributed by atoms with Gasteiger partial charge in [0.15, 0.2) is 0 Å². The molecule has 1 fully saturated rings. The van der Waals surface area contributed by atoms with Gasteiger partial charge in [-0.25, -0.2) is 0 Å². The standard InChI is InChI=1S/C19H35N/c1-2-20-19(17-13-9-5-3-6-10-14-17)18-15-11-7-4-8-12-16-18/h13,18-20H,2-12,14-16H2,1H3. The monoisotopic (exact) mass is 277 g/mol. The van der Waals surface area contributed by atoms with Crippen LogP contribution in [0.4, 0.5) is 0 Å². The van der Waals surface area contributed by atoms with Crippen molar-refractivity contribution in [1.29, 1.82) is 0 Å². The van der Waals surface area contributed by atoms with Gasteiger partial charge < -0.3 is 5.32 Å². The molecule has 0 aliphatic heterocycles. The van der Waals surface area contributed by atoms with Crippen LogP contribution in [0.5, 0.6) is 0 Å². The summed E-state index contributed by atoms with van der Waals surface area (Å²) in [5.41, 5.74) is 1.76. The van der Waals surface area contributed by atoms with E-state index in [0.29, 0.717) is 6.04 Å². The van der Waals surface area contributed by atoms with Crippen LogP contribution in [0.3, 0.4) is 0 Å². The van der Waals surface area contributed by atoms with Crippen LogP contribution in [0, 0.1) is 5.92 Å². The van der Waals surface area contributed by atoms with Crippen molar-refractivity contribution in [3.05, 3.63) is 11.6 Å². The minimum Gasteiger partial charge on any atom is -0.310 e. The molecule has 1 saturated carbocycles. The molecule has 1 heteroatoms. The first-order valence-electron chi connectivity index (χ1n) is 9.34. The van der Waals surface area contributed by atoms with E-state index in [-0.39, 0.29) is 0 Å². The second-order valence-electron chi connectivity index (χ2n) is 6.87. The number of hydrogen-bond donors (Lipinski definition) is 1. The first-order chi connectivity index (χ1) is 9.92. The van der Waals surface area contributed by atoms with Crippen molar-refractivity contribution >= 4 is 0 Å². The molecule has 116 valence electrons. The van der Waals surface area contributed by atoms with Crippen molar-refractivity contribution in [3.63, 3.8) is 0 Å². The number of hydrogen-bond acceptors (Lipinski definition) is 1. The molecular weight excluding hydrogens is 242 g/mol. The van der Waals surface area contributed by atoms with Crippen molar-refractivity contribution in [1.82, 2.24) is 5.32 Å². The largest absolute Gasteiger partial charge is 0.310 e. The molecule has 0 aromatic carbocycles. The number of nitrogens with one attached hydrogen (secondary N) is 1.